The Morgan fingerprint density at radius 3 is 2.80 bits per heavy atom. The van der Waals surface area contributed by atoms with Gasteiger partial charge in [0.15, 0.2) is 0 Å². The Labute approximate surface area is 97.7 Å². The maximum Gasteiger partial charge on any atom is 0.0615 e. The summed E-state index contributed by atoms with van der Waals surface area (Å²) in [5.41, 5.74) is 6.17. The van der Waals surface area contributed by atoms with Crippen LogP contribution in [0.3, 0.4) is 0 Å². The molecule has 0 amide bonds. The summed E-state index contributed by atoms with van der Waals surface area (Å²) in [5, 5.41) is 0. The van der Waals surface area contributed by atoms with E-state index in [9.17, 15) is 0 Å². The normalized spacial score (nSPS) is 29.4. The van der Waals surface area contributed by atoms with Crippen molar-refractivity contribution in [3.63, 3.8) is 0 Å². The summed E-state index contributed by atoms with van der Waals surface area (Å²) in [4.78, 5) is 2.42. The summed E-state index contributed by atoms with van der Waals surface area (Å²) in [7, 11) is 3.94. The highest BCUT2D eigenvalue weighted by Crippen LogP contribution is 2.31. The summed E-state index contributed by atoms with van der Waals surface area (Å²) >= 11 is 2.03. The van der Waals surface area contributed by atoms with Crippen LogP contribution in [-0.4, -0.2) is 55.3 Å². The zero-order chi connectivity index (χ0) is 11.3. The summed E-state index contributed by atoms with van der Waals surface area (Å²) in [6, 6.07) is 0.442. The van der Waals surface area contributed by atoms with Gasteiger partial charge in [0.25, 0.3) is 0 Å². The van der Waals surface area contributed by atoms with Crippen LogP contribution in [0.15, 0.2) is 0 Å². The smallest absolute Gasteiger partial charge is 0.0615 e. The van der Waals surface area contributed by atoms with Crippen molar-refractivity contribution in [3.8, 4) is 0 Å². The largest absolute Gasteiger partial charge is 0.383 e. The zero-order valence-electron chi connectivity index (χ0n) is 10.2. The van der Waals surface area contributed by atoms with Gasteiger partial charge in [0.2, 0.25) is 0 Å². The first-order valence-corrected chi connectivity index (χ1v) is 6.81. The average Bonchev–Trinajstić information content (AvgIpc) is 2.29. The lowest BCUT2D eigenvalue weighted by molar-refractivity contribution is 0.0437. The minimum Gasteiger partial charge on any atom is -0.383 e. The molecule has 1 fully saturated rings. The Morgan fingerprint density at radius 2 is 2.33 bits per heavy atom. The van der Waals surface area contributed by atoms with E-state index in [1.807, 2.05) is 11.8 Å². The molecule has 1 saturated heterocycles. The van der Waals surface area contributed by atoms with Gasteiger partial charge < -0.3 is 10.5 Å². The van der Waals surface area contributed by atoms with Gasteiger partial charge in [-0.1, -0.05) is 0 Å². The molecule has 2 unspecified atom stereocenters. The Hall–Kier alpha value is 0.230. The molecular formula is C11H24N2OS. The molecule has 1 heterocycles. The van der Waals surface area contributed by atoms with Crippen LogP contribution in [0.1, 0.15) is 19.8 Å². The maximum absolute atomic E-state index is 5.98. The molecule has 2 atom stereocenters. The third kappa shape index (κ3) is 3.09. The van der Waals surface area contributed by atoms with Crippen molar-refractivity contribution in [2.24, 2.45) is 5.73 Å². The van der Waals surface area contributed by atoms with Gasteiger partial charge in [0, 0.05) is 31.0 Å². The molecule has 1 aliphatic heterocycles. The van der Waals surface area contributed by atoms with Crippen LogP contribution in [0.4, 0.5) is 0 Å². The van der Waals surface area contributed by atoms with E-state index >= 15 is 0 Å². The molecule has 1 aliphatic rings. The predicted molar refractivity (Wildman–Crippen MR) is 67.4 cm³/mol. The van der Waals surface area contributed by atoms with Crippen LogP contribution in [0.25, 0.3) is 0 Å². The second kappa shape index (κ2) is 6.09. The Bertz CT molecular complexity index is 183. The number of hydrogen-bond donors (Lipinski definition) is 1. The molecule has 0 aliphatic carbocycles. The number of rotatable bonds is 5. The quantitative estimate of drug-likeness (QED) is 0.772. The number of ether oxygens (including phenoxy) is 1. The zero-order valence-corrected chi connectivity index (χ0v) is 11.0. The highest BCUT2D eigenvalue weighted by molar-refractivity contribution is 7.99. The van der Waals surface area contributed by atoms with Gasteiger partial charge in [-0.15, -0.1) is 0 Å². The van der Waals surface area contributed by atoms with Crippen molar-refractivity contribution in [2.45, 2.75) is 31.3 Å². The lowest BCUT2D eigenvalue weighted by Crippen LogP contribution is -2.59. The first kappa shape index (κ1) is 13.3. The van der Waals surface area contributed by atoms with Gasteiger partial charge in [-0.05, 0) is 32.6 Å². The fraction of sp³-hybridized carbons (Fsp3) is 1.00. The van der Waals surface area contributed by atoms with Crippen LogP contribution in [0.2, 0.25) is 0 Å². The summed E-state index contributed by atoms with van der Waals surface area (Å²) in [5.74, 6) is 2.45. The predicted octanol–water partition coefficient (Wildman–Crippen LogP) is 1.18. The highest BCUT2D eigenvalue weighted by atomic mass is 32.2. The number of thioether (sulfide) groups is 1. The van der Waals surface area contributed by atoms with Crippen LogP contribution in [-0.2, 0) is 4.74 Å². The molecule has 3 nitrogen and oxygen atoms in total. The lowest BCUT2D eigenvalue weighted by Gasteiger charge is -2.46. The van der Waals surface area contributed by atoms with E-state index in [-0.39, 0.29) is 5.54 Å². The van der Waals surface area contributed by atoms with E-state index in [4.69, 9.17) is 10.5 Å². The van der Waals surface area contributed by atoms with Crippen LogP contribution in [0, 0.1) is 0 Å². The van der Waals surface area contributed by atoms with Gasteiger partial charge in [-0.2, -0.15) is 11.8 Å². The number of nitrogens with zero attached hydrogens (tertiary/aromatic N) is 1. The Balaban J connectivity index is 2.62. The second-order valence-corrected chi connectivity index (χ2v) is 5.61. The van der Waals surface area contributed by atoms with Crippen molar-refractivity contribution < 1.29 is 4.74 Å². The van der Waals surface area contributed by atoms with Crippen molar-refractivity contribution in [2.75, 3.05) is 38.8 Å². The molecule has 15 heavy (non-hydrogen) atoms. The molecule has 4 heteroatoms. The minimum atomic E-state index is 0.195. The molecule has 0 aromatic rings. The van der Waals surface area contributed by atoms with E-state index in [2.05, 4.69) is 18.9 Å². The molecule has 0 aromatic carbocycles. The third-order valence-corrected chi connectivity index (χ3v) is 4.82. The van der Waals surface area contributed by atoms with Crippen LogP contribution in [0.5, 0.6) is 0 Å². The van der Waals surface area contributed by atoms with E-state index in [1.54, 1.807) is 7.11 Å². The topological polar surface area (TPSA) is 38.5 Å². The number of hydrogen-bond acceptors (Lipinski definition) is 4. The second-order valence-electron chi connectivity index (χ2n) is 4.50. The number of likely N-dealkylation sites (N-methyl/N-ethyl adjacent to an activating group) is 1. The van der Waals surface area contributed by atoms with Crippen LogP contribution >= 0.6 is 11.8 Å². The fourth-order valence-corrected chi connectivity index (χ4v) is 3.58. The van der Waals surface area contributed by atoms with E-state index in [1.165, 1.54) is 18.6 Å². The molecule has 0 saturated carbocycles. The van der Waals surface area contributed by atoms with E-state index < -0.39 is 0 Å². The summed E-state index contributed by atoms with van der Waals surface area (Å²) in [6.45, 7) is 3.74. The third-order valence-electron chi connectivity index (χ3n) is 3.50. The van der Waals surface area contributed by atoms with Gasteiger partial charge in [-0.25, -0.2) is 0 Å². The number of nitrogens with two attached hydrogens (primary N) is 1. The molecule has 0 aromatic heterocycles. The number of methoxy groups -OCH3 is 1. The van der Waals surface area contributed by atoms with Crippen molar-refractivity contribution in [1.29, 1.82) is 0 Å². The Kier molecular flexibility index (Phi) is 5.39. The van der Waals surface area contributed by atoms with Crippen molar-refractivity contribution in [3.05, 3.63) is 0 Å². The van der Waals surface area contributed by atoms with Crippen LogP contribution < -0.4 is 5.73 Å². The van der Waals surface area contributed by atoms with Gasteiger partial charge >= 0.3 is 0 Å². The molecule has 90 valence electrons. The van der Waals surface area contributed by atoms with Gasteiger partial charge in [-0.3, -0.25) is 4.90 Å². The summed E-state index contributed by atoms with van der Waals surface area (Å²) in [6.07, 6.45) is 2.51. The van der Waals surface area contributed by atoms with Crippen molar-refractivity contribution in [1.82, 2.24) is 4.90 Å². The molecule has 0 radical (unpaired) electrons. The van der Waals surface area contributed by atoms with E-state index in [0.717, 1.165) is 18.9 Å². The SMILES string of the molecule is COCC(C)N(C)C1(CN)CCCSC1. The van der Waals surface area contributed by atoms with E-state index in [0.29, 0.717) is 6.04 Å². The fourth-order valence-electron chi connectivity index (χ4n) is 2.24. The van der Waals surface area contributed by atoms with Gasteiger partial charge in [0.05, 0.1) is 6.61 Å². The van der Waals surface area contributed by atoms with Gasteiger partial charge in [0.1, 0.15) is 0 Å². The Morgan fingerprint density at radius 1 is 1.60 bits per heavy atom. The minimum absolute atomic E-state index is 0.195. The molecule has 0 bridgehead atoms. The standard InChI is InChI=1S/C11H24N2OS/c1-10(7-14-3)13(2)11(8-12)5-4-6-15-9-11/h10H,4-9,12H2,1-3H3. The molecule has 1 rings (SSSR count). The molecule has 2 N–H and O–H groups in total. The average molecular weight is 232 g/mol. The van der Waals surface area contributed by atoms with Crippen molar-refractivity contribution >= 4 is 11.8 Å². The first-order chi connectivity index (χ1) is 7.16. The molecule has 0 spiro atoms. The molecular weight excluding hydrogens is 208 g/mol. The highest BCUT2D eigenvalue weighted by Gasteiger charge is 2.37. The summed E-state index contributed by atoms with van der Waals surface area (Å²) < 4.78 is 5.22. The lowest BCUT2D eigenvalue weighted by atomic mass is 9.92. The first-order valence-electron chi connectivity index (χ1n) is 5.66. The monoisotopic (exact) mass is 232 g/mol. The maximum atomic E-state index is 5.98.